The molecule has 162 valence electrons. The number of aliphatic hydroxyl groups excluding tert-OH is 1. The number of nitrogens with zero attached hydrogens (tertiary/aromatic N) is 3. The minimum atomic E-state index is -0.447. The molecule has 0 aliphatic heterocycles. The number of rotatable bonds is 6. The minimum Gasteiger partial charge on any atom is -0.508 e. The molecule has 0 amide bonds. The van der Waals surface area contributed by atoms with E-state index < -0.39 is 5.97 Å². The van der Waals surface area contributed by atoms with E-state index in [0.29, 0.717) is 28.1 Å². The standard InChI is InChI=1S/C25H23N3O4/c1-4-6-9-18(20(29)5-2)23-26-22(16-12-14-17(15-13-16)25(31)32-3)27-24(28-23)19-10-7-8-11-21(19)30/h4-15,29-30H,1-3H3/b6-4-,18-9+,20-5+. The molecule has 0 fully saturated rings. The maximum atomic E-state index is 11.8. The molecule has 0 atom stereocenters. The Bertz CT molecular complexity index is 1210. The Labute approximate surface area is 186 Å². The van der Waals surface area contributed by atoms with Crippen LogP contribution in [-0.2, 0) is 4.74 Å². The number of esters is 1. The van der Waals surface area contributed by atoms with Gasteiger partial charge in [0.25, 0.3) is 0 Å². The first-order valence-electron chi connectivity index (χ1n) is 9.90. The van der Waals surface area contributed by atoms with Crippen LogP contribution >= 0.6 is 0 Å². The monoisotopic (exact) mass is 429 g/mol. The van der Waals surface area contributed by atoms with Gasteiger partial charge in [-0.25, -0.2) is 19.7 Å². The number of methoxy groups -OCH3 is 1. The van der Waals surface area contributed by atoms with Gasteiger partial charge in [-0.15, -0.1) is 0 Å². The molecule has 0 saturated heterocycles. The highest BCUT2D eigenvalue weighted by atomic mass is 16.5. The summed E-state index contributed by atoms with van der Waals surface area (Å²) in [6.07, 6.45) is 6.83. The SMILES string of the molecule is C\C=C/C=C(\C(O)=C/C)c1nc(-c2ccc(C(=O)OC)cc2)nc(-c2ccccc2O)n1. The van der Waals surface area contributed by atoms with Crippen molar-refractivity contribution in [3.05, 3.63) is 90.0 Å². The van der Waals surface area contributed by atoms with E-state index in [4.69, 9.17) is 4.74 Å². The van der Waals surface area contributed by atoms with Gasteiger partial charge in [-0.2, -0.15) is 0 Å². The van der Waals surface area contributed by atoms with Crippen molar-refractivity contribution in [1.29, 1.82) is 0 Å². The Morgan fingerprint density at radius 1 is 0.969 bits per heavy atom. The average Bonchev–Trinajstić information content (AvgIpc) is 2.83. The Kier molecular flexibility index (Phi) is 7.13. The van der Waals surface area contributed by atoms with Crippen molar-refractivity contribution < 1.29 is 19.7 Å². The zero-order valence-electron chi connectivity index (χ0n) is 18.0. The molecule has 1 heterocycles. The second-order valence-electron chi connectivity index (χ2n) is 6.67. The second-order valence-corrected chi connectivity index (χ2v) is 6.67. The highest BCUT2D eigenvalue weighted by molar-refractivity contribution is 5.89. The molecule has 2 aromatic carbocycles. The zero-order chi connectivity index (χ0) is 23.1. The first kappa shape index (κ1) is 22.4. The van der Waals surface area contributed by atoms with Crippen LogP contribution in [0.3, 0.4) is 0 Å². The molecule has 0 radical (unpaired) electrons. The van der Waals surface area contributed by atoms with Gasteiger partial charge in [-0.3, -0.25) is 0 Å². The minimum absolute atomic E-state index is 0.00419. The number of aromatic hydroxyl groups is 1. The van der Waals surface area contributed by atoms with E-state index in [9.17, 15) is 15.0 Å². The van der Waals surface area contributed by atoms with Crippen LogP contribution in [0.25, 0.3) is 28.3 Å². The highest BCUT2D eigenvalue weighted by Crippen LogP contribution is 2.29. The highest BCUT2D eigenvalue weighted by Gasteiger charge is 2.17. The number of carbonyl (C=O) groups is 1. The summed E-state index contributed by atoms with van der Waals surface area (Å²) < 4.78 is 4.74. The normalized spacial score (nSPS) is 12.2. The first-order valence-corrected chi connectivity index (χ1v) is 9.90. The number of phenols is 1. The molecule has 0 spiro atoms. The predicted molar refractivity (Wildman–Crippen MR) is 123 cm³/mol. The third-order valence-corrected chi connectivity index (χ3v) is 4.59. The lowest BCUT2D eigenvalue weighted by Crippen LogP contribution is -2.05. The van der Waals surface area contributed by atoms with Gasteiger partial charge in [-0.05, 0) is 50.3 Å². The third-order valence-electron chi connectivity index (χ3n) is 4.59. The van der Waals surface area contributed by atoms with Crippen molar-refractivity contribution in [1.82, 2.24) is 15.0 Å². The number of phenolic OH excluding ortho intramolecular Hbond substituents is 1. The number of para-hydroxylation sites is 1. The summed E-state index contributed by atoms with van der Waals surface area (Å²) in [7, 11) is 1.32. The van der Waals surface area contributed by atoms with Gasteiger partial charge in [0, 0.05) is 5.56 Å². The first-order chi connectivity index (χ1) is 15.5. The van der Waals surface area contributed by atoms with Crippen molar-refractivity contribution in [3.63, 3.8) is 0 Å². The fraction of sp³-hybridized carbons (Fsp3) is 0.120. The summed E-state index contributed by atoms with van der Waals surface area (Å²) in [6, 6.07) is 13.3. The molecule has 0 aliphatic rings. The number of allylic oxidation sites excluding steroid dienone is 5. The smallest absolute Gasteiger partial charge is 0.337 e. The molecule has 2 N–H and O–H groups in total. The Balaban J connectivity index is 2.23. The maximum Gasteiger partial charge on any atom is 0.337 e. The largest absolute Gasteiger partial charge is 0.508 e. The van der Waals surface area contributed by atoms with E-state index >= 15 is 0 Å². The summed E-state index contributed by atoms with van der Waals surface area (Å²) in [5, 5.41) is 20.8. The summed E-state index contributed by atoms with van der Waals surface area (Å²) in [6.45, 7) is 3.56. The number of hydrogen-bond donors (Lipinski definition) is 2. The second kappa shape index (κ2) is 10.2. The zero-order valence-corrected chi connectivity index (χ0v) is 18.0. The lowest BCUT2D eigenvalue weighted by atomic mass is 10.1. The number of aliphatic hydroxyl groups is 1. The predicted octanol–water partition coefficient (Wildman–Crippen LogP) is 5.12. The van der Waals surface area contributed by atoms with E-state index in [2.05, 4.69) is 15.0 Å². The number of benzene rings is 2. The molecule has 3 aromatic rings. The van der Waals surface area contributed by atoms with E-state index in [-0.39, 0.29) is 23.2 Å². The average molecular weight is 429 g/mol. The molecule has 7 nitrogen and oxygen atoms in total. The third kappa shape index (κ3) is 4.89. The van der Waals surface area contributed by atoms with Gasteiger partial charge in [0.2, 0.25) is 0 Å². The van der Waals surface area contributed by atoms with Gasteiger partial charge >= 0.3 is 5.97 Å². The summed E-state index contributed by atoms with van der Waals surface area (Å²) in [4.78, 5) is 25.3. The van der Waals surface area contributed by atoms with Crippen LogP contribution in [0.4, 0.5) is 0 Å². The molecule has 3 rings (SSSR count). The van der Waals surface area contributed by atoms with E-state index in [1.54, 1.807) is 73.7 Å². The van der Waals surface area contributed by atoms with Crippen LogP contribution in [0.15, 0.2) is 78.6 Å². The maximum absolute atomic E-state index is 11.8. The quantitative estimate of drug-likeness (QED) is 0.318. The fourth-order valence-electron chi connectivity index (χ4n) is 2.90. The van der Waals surface area contributed by atoms with Crippen molar-refractivity contribution in [2.45, 2.75) is 13.8 Å². The van der Waals surface area contributed by atoms with E-state index in [0.717, 1.165) is 0 Å². The van der Waals surface area contributed by atoms with Crippen LogP contribution in [-0.4, -0.2) is 38.2 Å². The van der Waals surface area contributed by atoms with Crippen molar-refractivity contribution >= 4 is 11.5 Å². The molecule has 32 heavy (non-hydrogen) atoms. The van der Waals surface area contributed by atoms with E-state index in [1.165, 1.54) is 7.11 Å². The van der Waals surface area contributed by atoms with Crippen LogP contribution in [0.1, 0.15) is 30.0 Å². The Morgan fingerprint density at radius 2 is 1.66 bits per heavy atom. The molecular formula is C25H23N3O4. The van der Waals surface area contributed by atoms with Gasteiger partial charge in [0.15, 0.2) is 17.5 Å². The summed E-state index contributed by atoms with van der Waals surface area (Å²) in [5.74, 6) is 0.377. The topological polar surface area (TPSA) is 105 Å². The number of aromatic nitrogens is 3. The molecule has 0 saturated carbocycles. The number of hydrogen-bond acceptors (Lipinski definition) is 7. The molecule has 0 aliphatic carbocycles. The lowest BCUT2D eigenvalue weighted by molar-refractivity contribution is 0.0600. The van der Waals surface area contributed by atoms with Crippen LogP contribution < -0.4 is 0 Å². The molecule has 0 unspecified atom stereocenters. The van der Waals surface area contributed by atoms with Gasteiger partial charge in [0.1, 0.15) is 11.5 Å². The van der Waals surface area contributed by atoms with Crippen molar-refractivity contribution in [3.8, 4) is 28.5 Å². The van der Waals surface area contributed by atoms with E-state index in [1.807, 2.05) is 13.0 Å². The molecule has 1 aromatic heterocycles. The lowest BCUT2D eigenvalue weighted by Gasteiger charge is -2.11. The van der Waals surface area contributed by atoms with Crippen molar-refractivity contribution in [2.75, 3.05) is 7.11 Å². The molecule has 7 heteroatoms. The molecule has 0 bridgehead atoms. The van der Waals surface area contributed by atoms with Crippen molar-refractivity contribution in [2.24, 2.45) is 0 Å². The van der Waals surface area contributed by atoms with Gasteiger partial charge in [-0.1, -0.05) is 36.4 Å². The fourth-order valence-corrected chi connectivity index (χ4v) is 2.90. The van der Waals surface area contributed by atoms with Crippen LogP contribution in [0.2, 0.25) is 0 Å². The Morgan fingerprint density at radius 3 is 2.28 bits per heavy atom. The Hall–Kier alpha value is -4.26. The van der Waals surface area contributed by atoms with Crippen LogP contribution in [0.5, 0.6) is 5.75 Å². The van der Waals surface area contributed by atoms with Crippen LogP contribution in [0, 0.1) is 0 Å². The summed E-state index contributed by atoms with van der Waals surface area (Å²) >= 11 is 0. The number of ether oxygens (including phenoxy) is 1. The van der Waals surface area contributed by atoms with Gasteiger partial charge in [0.05, 0.1) is 23.8 Å². The molecular weight excluding hydrogens is 406 g/mol. The number of carbonyl (C=O) groups excluding carboxylic acids is 1. The van der Waals surface area contributed by atoms with Gasteiger partial charge < -0.3 is 14.9 Å². The summed E-state index contributed by atoms with van der Waals surface area (Å²) in [5.41, 5.74) is 1.85.